The standard InChI is InChI=1S/C23H30N2O/c1-18(24-20-14-8-3-2-4-9-15-20)23(26)25-22-17-11-10-16-21(22)19-12-6-5-7-13-19/h5-7,10-13,16-18,20,24H,2-4,8-9,14-15H2,1H3,(H,25,26)/t18-/m0/s1. The summed E-state index contributed by atoms with van der Waals surface area (Å²) in [5.74, 6) is 0.0374. The molecule has 0 bridgehead atoms. The Balaban J connectivity index is 1.64. The Morgan fingerprint density at radius 3 is 2.23 bits per heavy atom. The minimum atomic E-state index is -0.191. The summed E-state index contributed by atoms with van der Waals surface area (Å²) in [6.07, 6.45) is 8.90. The maximum absolute atomic E-state index is 12.7. The van der Waals surface area contributed by atoms with Crippen molar-refractivity contribution in [3.05, 3.63) is 54.6 Å². The molecule has 1 aliphatic rings. The summed E-state index contributed by atoms with van der Waals surface area (Å²) in [4.78, 5) is 12.7. The predicted molar refractivity (Wildman–Crippen MR) is 109 cm³/mol. The average molecular weight is 351 g/mol. The smallest absolute Gasteiger partial charge is 0.241 e. The molecule has 3 rings (SSSR count). The van der Waals surface area contributed by atoms with Gasteiger partial charge in [-0.1, -0.05) is 80.6 Å². The summed E-state index contributed by atoms with van der Waals surface area (Å²) in [6.45, 7) is 1.97. The van der Waals surface area contributed by atoms with Crippen LogP contribution in [0.1, 0.15) is 51.9 Å². The third kappa shape index (κ3) is 5.18. The Morgan fingerprint density at radius 1 is 0.885 bits per heavy atom. The van der Waals surface area contributed by atoms with Gasteiger partial charge in [0.1, 0.15) is 0 Å². The molecule has 3 nitrogen and oxygen atoms in total. The lowest BCUT2D eigenvalue weighted by Crippen LogP contribution is -2.44. The van der Waals surface area contributed by atoms with E-state index in [0.29, 0.717) is 6.04 Å². The van der Waals surface area contributed by atoms with Crippen LogP contribution >= 0.6 is 0 Å². The summed E-state index contributed by atoms with van der Waals surface area (Å²) in [5.41, 5.74) is 3.04. The molecule has 138 valence electrons. The molecule has 1 aliphatic carbocycles. The second kappa shape index (κ2) is 9.54. The predicted octanol–water partition coefficient (Wildman–Crippen LogP) is 5.38. The van der Waals surface area contributed by atoms with Crippen molar-refractivity contribution in [2.24, 2.45) is 0 Å². The Labute approximate surface area is 157 Å². The molecule has 0 saturated heterocycles. The maximum atomic E-state index is 12.7. The average Bonchev–Trinajstić information content (AvgIpc) is 2.65. The van der Waals surface area contributed by atoms with Gasteiger partial charge >= 0.3 is 0 Å². The first-order valence-electron chi connectivity index (χ1n) is 9.95. The van der Waals surface area contributed by atoms with Crippen molar-refractivity contribution in [1.82, 2.24) is 5.32 Å². The van der Waals surface area contributed by atoms with Crippen LogP contribution in [-0.4, -0.2) is 18.0 Å². The van der Waals surface area contributed by atoms with E-state index < -0.39 is 0 Å². The van der Waals surface area contributed by atoms with E-state index in [4.69, 9.17) is 0 Å². The quantitative estimate of drug-likeness (QED) is 0.760. The largest absolute Gasteiger partial charge is 0.324 e. The van der Waals surface area contributed by atoms with Gasteiger partial charge in [0.2, 0.25) is 5.91 Å². The summed E-state index contributed by atoms with van der Waals surface area (Å²) < 4.78 is 0. The van der Waals surface area contributed by atoms with Crippen molar-refractivity contribution < 1.29 is 4.79 Å². The Hall–Kier alpha value is -2.13. The molecule has 1 atom stereocenters. The number of hydrogen-bond donors (Lipinski definition) is 2. The molecule has 0 unspecified atom stereocenters. The molecule has 0 aliphatic heterocycles. The van der Waals surface area contributed by atoms with Gasteiger partial charge in [-0.25, -0.2) is 0 Å². The van der Waals surface area contributed by atoms with E-state index >= 15 is 0 Å². The van der Waals surface area contributed by atoms with Gasteiger partial charge in [0.25, 0.3) is 0 Å². The van der Waals surface area contributed by atoms with Crippen molar-refractivity contribution in [3.8, 4) is 11.1 Å². The highest BCUT2D eigenvalue weighted by Gasteiger charge is 2.19. The van der Waals surface area contributed by atoms with Gasteiger partial charge in [-0.2, -0.15) is 0 Å². The first kappa shape index (κ1) is 18.7. The third-order valence-electron chi connectivity index (χ3n) is 5.25. The summed E-state index contributed by atoms with van der Waals surface area (Å²) in [7, 11) is 0. The van der Waals surface area contributed by atoms with Gasteiger partial charge in [0, 0.05) is 17.3 Å². The number of benzene rings is 2. The van der Waals surface area contributed by atoms with Gasteiger partial charge in [-0.15, -0.1) is 0 Å². The zero-order valence-corrected chi connectivity index (χ0v) is 15.7. The van der Waals surface area contributed by atoms with E-state index in [0.717, 1.165) is 16.8 Å². The molecule has 1 saturated carbocycles. The van der Waals surface area contributed by atoms with Crippen LogP contribution in [0.2, 0.25) is 0 Å². The molecule has 1 fully saturated rings. The van der Waals surface area contributed by atoms with E-state index in [1.165, 1.54) is 44.9 Å². The molecule has 2 N–H and O–H groups in total. The van der Waals surface area contributed by atoms with Crippen molar-refractivity contribution in [3.63, 3.8) is 0 Å². The number of rotatable bonds is 5. The lowest BCUT2D eigenvalue weighted by atomic mass is 9.96. The fourth-order valence-corrected chi connectivity index (χ4v) is 3.75. The van der Waals surface area contributed by atoms with Crippen LogP contribution in [0.5, 0.6) is 0 Å². The number of para-hydroxylation sites is 1. The van der Waals surface area contributed by atoms with E-state index in [1.54, 1.807) is 0 Å². The second-order valence-corrected chi connectivity index (χ2v) is 7.33. The van der Waals surface area contributed by atoms with E-state index in [1.807, 2.05) is 43.3 Å². The second-order valence-electron chi connectivity index (χ2n) is 7.33. The van der Waals surface area contributed by atoms with Gasteiger partial charge < -0.3 is 10.6 Å². The number of carbonyl (C=O) groups is 1. The first-order chi connectivity index (χ1) is 12.7. The number of nitrogens with one attached hydrogen (secondary N) is 2. The molecular weight excluding hydrogens is 320 g/mol. The summed E-state index contributed by atoms with van der Waals surface area (Å²) in [6, 6.07) is 18.5. The third-order valence-corrected chi connectivity index (χ3v) is 5.25. The molecule has 26 heavy (non-hydrogen) atoms. The van der Waals surface area contributed by atoms with Crippen LogP contribution in [0.25, 0.3) is 11.1 Å². The zero-order chi connectivity index (χ0) is 18.2. The molecular formula is C23H30N2O. The lowest BCUT2D eigenvalue weighted by molar-refractivity contribution is -0.118. The minimum absolute atomic E-state index is 0.0374. The monoisotopic (exact) mass is 350 g/mol. The minimum Gasteiger partial charge on any atom is -0.324 e. The molecule has 2 aromatic carbocycles. The van der Waals surface area contributed by atoms with Gasteiger partial charge in [0.05, 0.1) is 6.04 Å². The van der Waals surface area contributed by atoms with E-state index in [2.05, 4.69) is 28.8 Å². The van der Waals surface area contributed by atoms with Crippen LogP contribution < -0.4 is 10.6 Å². The lowest BCUT2D eigenvalue weighted by Gasteiger charge is -2.25. The van der Waals surface area contributed by atoms with Crippen LogP contribution in [0.15, 0.2) is 54.6 Å². The van der Waals surface area contributed by atoms with Gasteiger partial charge in [-0.05, 0) is 31.4 Å². The highest BCUT2D eigenvalue weighted by Crippen LogP contribution is 2.27. The summed E-state index contributed by atoms with van der Waals surface area (Å²) in [5, 5.41) is 6.68. The van der Waals surface area contributed by atoms with Crippen LogP contribution in [-0.2, 0) is 4.79 Å². The van der Waals surface area contributed by atoms with Crippen LogP contribution in [0.3, 0.4) is 0 Å². The number of anilines is 1. The van der Waals surface area contributed by atoms with Crippen LogP contribution in [0, 0.1) is 0 Å². The SMILES string of the molecule is C[C@H](NC1CCCCCCC1)C(=O)Nc1ccccc1-c1ccccc1. The maximum Gasteiger partial charge on any atom is 0.241 e. The van der Waals surface area contributed by atoms with Gasteiger partial charge in [0.15, 0.2) is 0 Å². The van der Waals surface area contributed by atoms with Crippen LogP contribution in [0.4, 0.5) is 5.69 Å². The number of amides is 1. The molecule has 3 heteroatoms. The molecule has 2 aromatic rings. The topological polar surface area (TPSA) is 41.1 Å². The summed E-state index contributed by atoms with van der Waals surface area (Å²) >= 11 is 0. The van der Waals surface area contributed by atoms with Crippen molar-refractivity contribution in [1.29, 1.82) is 0 Å². The Bertz CT molecular complexity index is 690. The fourth-order valence-electron chi connectivity index (χ4n) is 3.75. The van der Waals surface area contributed by atoms with Crippen molar-refractivity contribution in [2.75, 3.05) is 5.32 Å². The number of carbonyl (C=O) groups excluding carboxylic acids is 1. The number of hydrogen-bond acceptors (Lipinski definition) is 2. The molecule has 0 aromatic heterocycles. The molecule has 0 radical (unpaired) electrons. The highest BCUT2D eigenvalue weighted by molar-refractivity contribution is 5.98. The van der Waals surface area contributed by atoms with Crippen molar-refractivity contribution >= 4 is 11.6 Å². The zero-order valence-electron chi connectivity index (χ0n) is 15.7. The fraction of sp³-hybridized carbons (Fsp3) is 0.435. The van der Waals surface area contributed by atoms with E-state index in [-0.39, 0.29) is 11.9 Å². The van der Waals surface area contributed by atoms with Crippen molar-refractivity contribution in [2.45, 2.75) is 64.0 Å². The first-order valence-corrected chi connectivity index (χ1v) is 9.95. The molecule has 0 spiro atoms. The van der Waals surface area contributed by atoms with Gasteiger partial charge in [-0.3, -0.25) is 4.79 Å². The highest BCUT2D eigenvalue weighted by atomic mass is 16.2. The van der Waals surface area contributed by atoms with E-state index in [9.17, 15) is 4.79 Å². The normalized spacial score (nSPS) is 17.1. The Morgan fingerprint density at radius 2 is 1.50 bits per heavy atom. The molecule has 1 amide bonds. The molecule has 0 heterocycles. The Kier molecular flexibility index (Phi) is 6.84.